The van der Waals surface area contributed by atoms with Crippen molar-refractivity contribution in [1.82, 2.24) is 4.98 Å². The van der Waals surface area contributed by atoms with Crippen LogP contribution in [0.1, 0.15) is 17.0 Å². The molecular weight excluding hydrogens is 198 g/mol. The summed E-state index contributed by atoms with van der Waals surface area (Å²) in [6.45, 7) is 2.07. The molecule has 2 nitrogen and oxygen atoms in total. The number of aryl methyl sites for hydroxylation is 1. The fourth-order valence-corrected chi connectivity index (χ4v) is 2.06. The fraction of sp³-hybridized carbons (Fsp3) is 0.143. The van der Waals surface area contributed by atoms with Gasteiger partial charge in [-0.15, -0.1) is 0 Å². The van der Waals surface area contributed by atoms with E-state index in [9.17, 15) is 0 Å². The SMILES string of the molecule is Cc1ccc(Cc2cccc3ccoc23)[nH]1. The summed E-state index contributed by atoms with van der Waals surface area (Å²) in [5.41, 5.74) is 4.64. The summed E-state index contributed by atoms with van der Waals surface area (Å²) in [5.74, 6) is 0. The Labute approximate surface area is 93.9 Å². The molecular formula is C14H13NO. The van der Waals surface area contributed by atoms with Crippen molar-refractivity contribution >= 4 is 11.0 Å². The minimum atomic E-state index is 0.888. The highest BCUT2D eigenvalue weighted by atomic mass is 16.3. The third kappa shape index (κ3) is 1.52. The van der Waals surface area contributed by atoms with Gasteiger partial charge < -0.3 is 9.40 Å². The Morgan fingerprint density at radius 1 is 1.12 bits per heavy atom. The molecule has 0 bridgehead atoms. The third-order valence-electron chi connectivity index (χ3n) is 2.83. The lowest BCUT2D eigenvalue weighted by atomic mass is 10.1. The first-order valence-electron chi connectivity index (χ1n) is 5.42. The Balaban J connectivity index is 2.03. The first kappa shape index (κ1) is 9.28. The van der Waals surface area contributed by atoms with Gasteiger partial charge in [0.05, 0.1) is 6.26 Å². The molecule has 0 saturated carbocycles. The second-order valence-electron chi connectivity index (χ2n) is 4.10. The van der Waals surface area contributed by atoms with Crippen LogP contribution in [-0.4, -0.2) is 4.98 Å². The van der Waals surface area contributed by atoms with Crippen LogP contribution in [0.15, 0.2) is 47.1 Å². The molecule has 0 spiro atoms. The molecule has 80 valence electrons. The Morgan fingerprint density at radius 3 is 2.88 bits per heavy atom. The molecule has 3 rings (SSSR count). The van der Waals surface area contributed by atoms with Crippen molar-refractivity contribution in [3.63, 3.8) is 0 Å². The molecule has 3 aromatic rings. The summed E-state index contributed by atoms with van der Waals surface area (Å²) in [6.07, 6.45) is 2.63. The Morgan fingerprint density at radius 2 is 2.06 bits per heavy atom. The van der Waals surface area contributed by atoms with E-state index in [1.165, 1.54) is 22.3 Å². The summed E-state index contributed by atoms with van der Waals surface area (Å²) in [5, 5.41) is 1.17. The molecule has 0 aliphatic heterocycles. The molecule has 1 aromatic carbocycles. The lowest BCUT2D eigenvalue weighted by molar-refractivity contribution is 0.612. The summed E-state index contributed by atoms with van der Waals surface area (Å²) < 4.78 is 5.51. The normalized spacial score (nSPS) is 11.1. The summed E-state index contributed by atoms with van der Waals surface area (Å²) >= 11 is 0. The number of hydrogen-bond donors (Lipinski definition) is 1. The van der Waals surface area contributed by atoms with Crippen LogP contribution in [0.2, 0.25) is 0 Å². The molecule has 0 radical (unpaired) electrons. The molecule has 1 N–H and O–H groups in total. The molecule has 0 unspecified atom stereocenters. The minimum absolute atomic E-state index is 0.888. The van der Waals surface area contributed by atoms with Gasteiger partial charge in [0.1, 0.15) is 5.58 Å². The second kappa shape index (κ2) is 3.56. The first-order valence-corrected chi connectivity index (χ1v) is 5.42. The van der Waals surface area contributed by atoms with Gasteiger partial charge in [0, 0.05) is 28.8 Å². The molecule has 0 saturated heterocycles. The molecule has 0 fully saturated rings. The number of aromatic nitrogens is 1. The van der Waals surface area contributed by atoms with Gasteiger partial charge >= 0.3 is 0 Å². The van der Waals surface area contributed by atoms with E-state index in [0.717, 1.165) is 12.0 Å². The number of nitrogens with one attached hydrogen (secondary N) is 1. The van der Waals surface area contributed by atoms with E-state index >= 15 is 0 Å². The van der Waals surface area contributed by atoms with Crippen LogP contribution in [0.25, 0.3) is 11.0 Å². The Bertz CT molecular complexity index is 618. The summed E-state index contributed by atoms with van der Waals surface area (Å²) in [6, 6.07) is 12.5. The average molecular weight is 211 g/mol. The van der Waals surface area contributed by atoms with Gasteiger partial charge in [0.25, 0.3) is 0 Å². The monoisotopic (exact) mass is 211 g/mol. The lowest BCUT2D eigenvalue weighted by Gasteiger charge is -2.00. The minimum Gasteiger partial charge on any atom is -0.464 e. The van der Waals surface area contributed by atoms with Crippen molar-refractivity contribution in [1.29, 1.82) is 0 Å². The maximum atomic E-state index is 5.51. The van der Waals surface area contributed by atoms with E-state index in [1.54, 1.807) is 6.26 Å². The number of hydrogen-bond acceptors (Lipinski definition) is 1. The number of aromatic amines is 1. The molecule has 0 atom stereocenters. The van der Waals surface area contributed by atoms with Crippen LogP contribution in [-0.2, 0) is 6.42 Å². The van der Waals surface area contributed by atoms with E-state index in [0.29, 0.717) is 0 Å². The van der Waals surface area contributed by atoms with Crippen LogP contribution >= 0.6 is 0 Å². The Hall–Kier alpha value is -1.96. The van der Waals surface area contributed by atoms with Gasteiger partial charge in [-0.05, 0) is 25.1 Å². The predicted molar refractivity (Wildman–Crippen MR) is 64.5 cm³/mol. The number of H-pyrrole nitrogens is 1. The van der Waals surface area contributed by atoms with Gasteiger partial charge in [-0.1, -0.05) is 18.2 Å². The highest BCUT2D eigenvalue weighted by Gasteiger charge is 2.05. The zero-order valence-corrected chi connectivity index (χ0v) is 9.16. The van der Waals surface area contributed by atoms with E-state index in [4.69, 9.17) is 4.42 Å². The molecule has 2 aromatic heterocycles. The van der Waals surface area contributed by atoms with Crippen LogP contribution in [0.5, 0.6) is 0 Å². The van der Waals surface area contributed by atoms with Gasteiger partial charge in [0.15, 0.2) is 0 Å². The predicted octanol–water partition coefficient (Wildman–Crippen LogP) is 3.66. The van der Waals surface area contributed by atoms with E-state index in [-0.39, 0.29) is 0 Å². The maximum Gasteiger partial charge on any atom is 0.137 e. The van der Waals surface area contributed by atoms with Crippen LogP contribution in [0.3, 0.4) is 0 Å². The molecule has 2 heteroatoms. The zero-order chi connectivity index (χ0) is 11.0. The van der Waals surface area contributed by atoms with Crippen molar-refractivity contribution in [3.05, 3.63) is 59.6 Å². The van der Waals surface area contributed by atoms with E-state index < -0.39 is 0 Å². The van der Waals surface area contributed by atoms with Gasteiger partial charge in [0.2, 0.25) is 0 Å². The number of benzene rings is 1. The standard InChI is InChI=1S/C14H13NO/c1-10-5-6-13(15-10)9-12-4-2-3-11-7-8-16-14(11)12/h2-8,15H,9H2,1H3. The van der Waals surface area contributed by atoms with Crippen LogP contribution < -0.4 is 0 Å². The molecule has 0 amide bonds. The average Bonchev–Trinajstić information content (AvgIpc) is 2.87. The number of rotatable bonds is 2. The molecule has 0 aliphatic rings. The summed E-state index contributed by atoms with van der Waals surface area (Å²) in [4.78, 5) is 3.34. The van der Waals surface area contributed by atoms with Gasteiger partial charge in [-0.25, -0.2) is 0 Å². The van der Waals surface area contributed by atoms with Crippen LogP contribution in [0.4, 0.5) is 0 Å². The van der Waals surface area contributed by atoms with E-state index in [2.05, 4.69) is 42.2 Å². The number of furan rings is 1. The lowest BCUT2D eigenvalue weighted by Crippen LogP contribution is -1.88. The van der Waals surface area contributed by atoms with Crippen molar-refractivity contribution in [2.45, 2.75) is 13.3 Å². The summed E-state index contributed by atoms with van der Waals surface area (Å²) in [7, 11) is 0. The highest BCUT2D eigenvalue weighted by molar-refractivity contribution is 5.80. The first-order chi connectivity index (χ1) is 7.83. The molecule has 16 heavy (non-hydrogen) atoms. The quantitative estimate of drug-likeness (QED) is 0.688. The fourth-order valence-electron chi connectivity index (χ4n) is 2.06. The number of fused-ring (bicyclic) bond motifs is 1. The topological polar surface area (TPSA) is 28.9 Å². The molecule has 2 heterocycles. The smallest absolute Gasteiger partial charge is 0.137 e. The Kier molecular flexibility index (Phi) is 2.07. The van der Waals surface area contributed by atoms with Crippen molar-refractivity contribution in [2.24, 2.45) is 0 Å². The third-order valence-corrected chi connectivity index (χ3v) is 2.83. The van der Waals surface area contributed by atoms with Crippen molar-refractivity contribution in [2.75, 3.05) is 0 Å². The van der Waals surface area contributed by atoms with Crippen molar-refractivity contribution in [3.8, 4) is 0 Å². The van der Waals surface area contributed by atoms with E-state index in [1.807, 2.05) is 6.07 Å². The van der Waals surface area contributed by atoms with Gasteiger partial charge in [-0.2, -0.15) is 0 Å². The molecule has 0 aliphatic carbocycles. The maximum absolute atomic E-state index is 5.51. The van der Waals surface area contributed by atoms with Crippen LogP contribution in [0, 0.1) is 6.92 Å². The zero-order valence-electron chi connectivity index (χ0n) is 9.16. The van der Waals surface area contributed by atoms with Crippen molar-refractivity contribution < 1.29 is 4.42 Å². The largest absolute Gasteiger partial charge is 0.464 e. The number of para-hydroxylation sites is 1. The highest BCUT2D eigenvalue weighted by Crippen LogP contribution is 2.22. The van der Waals surface area contributed by atoms with Gasteiger partial charge in [-0.3, -0.25) is 0 Å². The second-order valence-corrected chi connectivity index (χ2v) is 4.10.